The van der Waals surface area contributed by atoms with E-state index in [1.807, 2.05) is 0 Å². The Bertz CT molecular complexity index is 213. The summed E-state index contributed by atoms with van der Waals surface area (Å²) in [7, 11) is 0. The zero-order chi connectivity index (χ0) is 9.69. The first-order valence-electron chi connectivity index (χ1n) is 4.76. The molecule has 0 amide bonds. The molecule has 76 valence electrons. The van der Waals surface area contributed by atoms with Gasteiger partial charge in [0, 0.05) is 6.04 Å². The lowest BCUT2D eigenvalue weighted by atomic mass is 9.78. The van der Waals surface area contributed by atoms with Crippen LogP contribution in [-0.2, 0) is 0 Å². The Hall–Kier alpha value is -0.250. The minimum Gasteiger partial charge on any atom is -0.327 e. The fourth-order valence-corrected chi connectivity index (χ4v) is 2.58. The summed E-state index contributed by atoms with van der Waals surface area (Å²) in [5, 5.41) is 0. The minimum atomic E-state index is -4.00. The molecular weight excluding hydrogens is 179 g/mol. The van der Waals surface area contributed by atoms with E-state index in [1.165, 1.54) is 0 Å². The van der Waals surface area contributed by atoms with Gasteiger partial charge < -0.3 is 5.73 Å². The highest BCUT2D eigenvalue weighted by Gasteiger charge is 2.57. The normalized spacial score (nSPS) is 45.2. The van der Waals surface area contributed by atoms with Crippen molar-refractivity contribution in [2.24, 2.45) is 17.1 Å². The summed E-state index contributed by atoms with van der Waals surface area (Å²) in [6.45, 7) is 0. The van der Waals surface area contributed by atoms with Crippen molar-refractivity contribution in [2.75, 3.05) is 0 Å². The summed E-state index contributed by atoms with van der Waals surface area (Å²) >= 11 is 0. The molecular formula is C9H14F3N. The molecule has 2 aliphatic rings. The van der Waals surface area contributed by atoms with Crippen LogP contribution in [0.15, 0.2) is 0 Å². The zero-order valence-electron chi connectivity index (χ0n) is 7.40. The number of rotatable bonds is 0. The zero-order valence-corrected chi connectivity index (χ0v) is 7.40. The van der Waals surface area contributed by atoms with Crippen LogP contribution in [0, 0.1) is 11.3 Å². The molecule has 2 saturated carbocycles. The fraction of sp³-hybridized carbons (Fsp3) is 1.00. The maximum absolute atomic E-state index is 12.4. The van der Waals surface area contributed by atoms with E-state index in [1.54, 1.807) is 0 Å². The van der Waals surface area contributed by atoms with Crippen molar-refractivity contribution in [3.8, 4) is 0 Å². The largest absolute Gasteiger partial charge is 0.391 e. The van der Waals surface area contributed by atoms with Gasteiger partial charge in [0.05, 0.1) is 5.92 Å². The maximum atomic E-state index is 12.4. The standard InChI is InChI=1S/C9H14F3N/c10-9(11,12)6-2-1-3-8(4-6)5-7(8)13/h6-7H,1-5,13H2/t6-,7+,8+/m0/s1. The van der Waals surface area contributed by atoms with E-state index in [0.717, 1.165) is 12.8 Å². The van der Waals surface area contributed by atoms with Gasteiger partial charge in [0.25, 0.3) is 0 Å². The Morgan fingerprint density at radius 1 is 1.23 bits per heavy atom. The molecule has 4 heteroatoms. The first kappa shape index (κ1) is 9.31. The first-order chi connectivity index (χ1) is 5.94. The van der Waals surface area contributed by atoms with Crippen molar-refractivity contribution in [1.29, 1.82) is 0 Å². The van der Waals surface area contributed by atoms with Gasteiger partial charge >= 0.3 is 6.18 Å². The van der Waals surface area contributed by atoms with E-state index < -0.39 is 12.1 Å². The molecule has 1 spiro atoms. The smallest absolute Gasteiger partial charge is 0.327 e. The highest BCUT2D eigenvalue weighted by atomic mass is 19.4. The number of hydrogen-bond acceptors (Lipinski definition) is 1. The van der Waals surface area contributed by atoms with Gasteiger partial charge in [-0.25, -0.2) is 0 Å². The lowest BCUT2D eigenvalue weighted by molar-refractivity contribution is -0.187. The Kier molecular flexibility index (Phi) is 1.88. The van der Waals surface area contributed by atoms with Gasteiger partial charge in [-0.1, -0.05) is 6.42 Å². The van der Waals surface area contributed by atoms with Crippen LogP contribution in [0.1, 0.15) is 32.1 Å². The highest BCUT2D eigenvalue weighted by Crippen LogP contribution is 2.58. The van der Waals surface area contributed by atoms with Crippen LogP contribution in [0.2, 0.25) is 0 Å². The van der Waals surface area contributed by atoms with Crippen LogP contribution in [0.4, 0.5) is 13.2 Å². The van der Waals surface area contributed by atoms with Crippen LogP contribution in [-0.4, -0.2) is 12.2 Å². The summed E-state index contributed by atoms with van der Waals surface area (Å²) in [6, 6.07) is 0.0395. The van der Waals surface area contributed by atoms with E-state index in [4.69, 9.17) is 5.73 Å². The second-order valence-corrected chi connectivity index (χ2v) is 4.51. The summed E-state index contributed by atoms with van der Waals surface area (Å²) in [4.78, 5) is 0. The SMILES string of the molecule is N[C@@H]1C[C@]12CCC[C@H](C(F)(F)F)C2. The van der Waals surface area contributed by atoms with Crippen molar-refractivity contribution in [3.63, 3.8) is 0 Å². The molecule has 0 aromatic heterocycles. The number of alkyl halides is 3. The Balaban J connectivity index is 2.01. The third-order valence-corrected chi connectivity index (χ3v) is 3.60. The minimum absolute atomic E-state index is 0.0395. The Morgan fingerprint density at radius 2 is 1.85 bits per heavy atom. The van der Waals surface area contributed by atoms with Crippen molar-refractivity contribution in [2.45, 2.75) is 44.3 Å². The lowest BCUT2D eigenvalue weighted by Crippen LogP contribution is -2.31. The molecule has 0 saturated heterocycles. The van der Waals surface area contributed by atoms with Crippen molar-refractivity contribution < 1.29 is 13.2 Å². The Morgan fingerprint density at radius 3 is 2.31 bits per heavy atom. The van der Waals surface area contributed by atoms with Crippen LogP contribution < -0.4 is 5.73 Å². The van der Waals surface area contributed by atoms with Gasteiger partial charge in [-0.05, 0) is 31.1 Å². The number of hydrogen-bond donors (Lipinski definition) is 1. The van der Waals surface area contributed by atoms with Gasteiger partial charge in [0.2, 0.25) is 0 Å². The summed E-state index contributed by atoms with van der Waals surface area (Å²) in [6.07, 6.45) is -1.02. The van der Waals surface area contributed by atoms with Gasteiger partial charge in [0.1, 0.15) is 0 Å². The molecule has 3 atom stereocenters. The van der Waals surface area contributed by atoms with Gasteiger partial charge in [0.15, 0.2) is 0 Å². The van der Waals surface area contributed by atoms with E-state index in [9.17, 15) is 13.2 Å². The van der Waals surface area contributed by atoms with Crippen molar-refractivity contribution >= 4 is 0 Å². The van der Waals surface area contributed by atoms with E-state index in [-0.39, 0.29) is 17.9 Å². The Labute approximate surface area is 75.5 Å². The fourth-order valence-electron chi connectivity index (χ4n) is 2.58. The lowest BCUT2D eigenvalue weighted by Gasteiger charge is -2.31. The summed E-state index contributed by atoms with van der Waals surface area (Å²) in [5.74, 6) is -1.09. The van der Waals surface area contributed by atoms with Gasteiger partial charge in [-0.3, -0.25) is 0 Å². The monoisotopic (exact) mass is 193 g/mol. The van der Waals surface area contributed by atoms with Gasteiger partial charge in [-0.15, -0.1) is 0 Å². The van der Waals surface area contributed by atoms with E-state index >= 15 is 0 Å². The third kappa shape index (κ3) is 1.56. The molecule has 2 aliphatic carbocycles. The van der Waals surface area contributed by atoms with Crippen LogP contribution in [0.5, 0.6) is 0 Å². The predicted molar refractivity (Wildman–Crippen MR) is 43.0 cm³/mol. The van der Waals surface area contributed by atoms with E-state index in [0.29, 0.717) is 12.8 Å². The molecule has 0 aliphatic heterocycles. The number of halogens is 3. The second-order valence-electron chi connectivity index (χ2n) is 4.51. The summed E-state index contributed by atoms with van der Waals surface area (Å²) < 4.78 is 37.2. The average Bonchev–Trinajstić information content (AvgIpc) is 2.59. The van der Waals surface area contributed by atoms with Crippen molar-refractivity contribution in [1.82, 2.24) is 0 Å². The predicted octanol–water partition coefficient (Wildman–Crippen LogP) is 2.46. The maximum Gasteiger partial charge on any atom is 0.391 e. The quantitative estimate of drug-likeness (QED) is 0.628. The van der Waals surface area contributed by atoms with Crippen LogP contribution in [0.3, 0.4) is 0 Å². The van der Waals surface area contributed by atoms with E-state index in [2.05, 4.69) is 0 Å². The van der Waals surface area contributed by atoms with Crippen molar-refractivity contribution in [3.05, 3.63) is 0 Å². The molecule has 2 rings (SSSR count). The topological polar surface area (TPSA) is 26.0 Å². The molecule has 0 bridgehead atoms. The molecule has 0 aromatic rings. The average molecular weight is 193 g/mol. The number of nitrogens with two attached hydrogens (primary N) is 1. The molecule has 0 radical (unpaired) electrons. The first-order valence-corrected chi connectivity index (χ1v) is 4.76. The summed E-state index contributed by atoms with van der Waals surface area (Å²) in [5.41, 5.74) is 5.54. The molecule has 0 aromatic carbocycles. The molecule has 1 nitrogen and oxygen atoms in total. The van der Waals surface area contributed by atoms with Crippen LogP contribution in [0.25, 0.3) is 0 Å². The van der Waals surface area contributed by atoms with Gasteiger partial charge in [-0.2, -0.15) is 13.2 Å². The molecule has 13 heavy (non-hydrogen) atoms. The molecule has 0 heterocycles. The molecule has 0 unspecified atom stereocenters. The molecule has 2 fully saturated rings. The highest BCUT2D eigenvalue weighted by molar-refractivity contribution is 5.08. The third-order valence-electron chi connectivity index (χ3n) is 3.60. The van der Waals surface area contributed by atoms with Crippen LogP contribution >= 0.6 is 0 Å². The second kappa shape index (κ2) is 2.62. The molecule has 2 N–H and O–H groups in total.